The van der Waals surface area contributed by atoms with Crippen LogP contribution in [0, 0.1) is 0 Å². The van der Waals surface area contributed by atoms with Crippen LogP contribution in [0.2, 0.25) is 0 Å². The highest BCUT2D eigenvalue weighted by Gasteiger charge is 2.30. The number of anilines is 1. The molecule has 9 heteroatoms. The Labute approximate surface area is 155 Å². The van der Waals surface area contributed by atoms with Crippen LogP contribution in [0.15, 0.2) is 53.4 Å². The van der Waals surface area contributed by atoms with Crippen molar-refractivity contribution < 1.29 is 26.4 Å². The summed E-state index contributed by atoms with van der Waals surface area (Å²) in [5.74, 6) is -0.638. The summed E-state index contributed by atoms with van der Waals surface area (Å²) in [7, 11) is -3.69. The lowest BCUT2D eigenvalue weighted by molar-refractivity contribution is -0.137. The molecule has 0 aromatic heterocycles. The van der Waals surface area contributed by atoms with E-state index in [2.05, 4.69) is 5.32 Å². The zero-order valence-electron chi connectivity index (χ0n) is 14.7. The first kappa shape index (κ1) is 20.9. The number of alkyl halides is 3. The van der Waals surface area contributed by atoms with Crippen LogP contribution >= 0.6 is 0 Å². The van der Waals surface area contributed by atoms with Crippen LogP contribution in [0.1, 0.15) is 29.8 Å². The molecule has 0 aliphatic rings. The maximum absolute atomic E-state index is 12.6. The Morgan fingerprint density at radius 2 is 1.63 bits per heavy atom. The molecule has 146 valence electrons. The van der Waals surface area contributed by atoms with Crippen molar-refractivity contribution in [3.63, 3.8) is 0 Å². The van der Waals surface area contributed by atoms with Crippen LogP contribution in [0.4, 0.5) is 18.9 Å². The van der Waals surface area contributed by atoms with Crippen LogP contribution in [0.25, 0.3) is 0 Å². The van der Waals surface area contributed by atoms with Gasteiger partial charge in [0, 0.05) is 24.3 Å². The van der Waals surface area contributed by atoms with E-state index in [4.69, 9.17) is 0 Å². The summed E-state index contributed by atoms with van der Waals surface area (Å²) in [6.07, 6.45) is -4.48. The molecule has 27 heavy (non-hydrogen) atoms. The number of nitrogens with zero attached hydrogens (tertiary/aromatic N) is 1. The van der Waals surface area contributed by atoms with Crippen molar-refractivity contribution in [2.45, 2.75) is 24.9 Å². The molecular weight excluding hydrogens is 381 g/mol. The van der Waals surface area contributed by atoms with Gasteiger partial charge in [-0.15, -0.1) is 0 Å². The number of carbonyl (C=O) groups is 1. The highest BCUT2D eigenvalue weighted by atomic mass is 32.2. The number of rotatable bonds is 6. The molecule has 5 nitrogen and oxygen atoms in total. The summed E-state index contributed by atoms with van der Waals surface area (Å²) in [5, 5.41) is 2.50. The predicted octanol–water partition coefficient (Wildman–Crippen LogP) is 3.99. The molecule has 0 unspecified atom stereocenters. The molecule has 0 spiro atoms. The summed E-state index contributed by atoms with van der Waals surface area (Å²) in [6.45, 7) is 4.05. The van der Waals surface area contributed by atoms with Crippen LogP contribution in [0.5, 0.6) is 0 Å². The van der Waals surface area contributed by atoms with E-state index in [1.807, 2.05) is 0 Å². The average molecular weight is 400 g/mol. The summed E-state index contributed by atoms with van der Waals surface area (Å²) in [4.78, 5) is 12.3. The van der Waals surface area contributed by atoms with E-state index in [1.165, 1.54) is 28.6 Å². The highest BCUT2D eigenvalue weighted by Crippen LogP contribution is 2.29. The van der Waals surface area contributed by atoms with Gasteiger partial charge in [-0.05, 0) is 42.5 Å². The van der Waals surface area contributed by atoms with Crippen molar-refractivity contribution in [3.8, 4) is 0 Å². The van der Waals surface area contributed by atoms with Gasteiger partial charge in [0.05, 0.1) is 10.5 Å². The molecule has 2 rings (SSSR count). The Morgan fingerprint density at radius 3 is 2.15 bits per heavy atom. The molecule has 0 fully saturated rings. The van der Waals surface area contributed by atoms with Gasteiger partial charge in [-0.3, -0.25) is 4.79 Å². The van der Waals surface area contributed by atoms with Crippen molar-refractivity contribution in [2.75, 3.05) is 18.4 Å². The fourth-order valence-corrected chi connectivity index (χ4v) is 3.97. The molecule has 0 bridgehead atoms. The third-order valence-corrected chi connectivity index (χ3v) is 5.96. The van der Waals surface area contributed by atoms with Crippen LogP contribution in [-0.2, 0) is 16.2 Å². The fraction of sp³-hybridized carbons (Fsp3) is 0.278. The van der Waals surface area contributed by atoms with Crippen LogP contribution in [-0.4, -0.2) is 31.7 Å². The van der Waals surface area contributed by atoms with E-state index >= 15 is 0 Å². The number of amides is 1. The Balaban J connectivity index is 2.22. The maximum atomic E-state index is 12.6. The third-order valence-electron chi connectivity index (χ3n) is 3.91. The molecule has 2 aromatic carbocycles. The van der Waals surface area contributed by atoms with Gasteiger partial charge in [-0.1, -0.05) is 19.9 Å². The standard InChI is InChI=1S/C18H19F3N2O3S/c1-3-23(4-2)27(25,26)16-7-5-6-15(12-16)22-17(24)13-8-10-14(11-9-13)18(19,20)21/h5-12H,3-4H2,1-2H3,(H,22,24). The maximum Gasteiger partial charge on any atom is 0.416 e. The van der Waals surface area contributed by atoms with E-state index in [0.29, 0.717) is 13.1 Å². The summed E-state index contributed by atoms with van der Waals surface area (Å²) in [5.41, 5.74) is -0.598. The Bertz CT molecular complexity index is 906. The lowest BCUT2D eigenvalue weighted by Crippen LogP contribution is -2.30. The molecule has 0 aliphatic heterocycles. The lowest BCUT2D eigenvalue weighted by atomic mass is 10.1. The largest absolute Gasteiger partial charge is 0.416 e. The Kier molecular flexibility index (Phi) is 6.27. The second-order valence-electron chi connectivity index (χ2n) is 5.65. The van der Waals surface area contributed by atoms with Gasteiger partial charge in [-0.25, -0.2) is 8.42 Å². The van der Waals surface area contributed by atoms with Gasteiger partial charge in [-0.2, -0.15) is 17.5 Å². The second kappa shape index (κ2) is 8.10. The molecular formula is C18H19F3N2O3S. The first-order chi connectivity index (χ1) is 12.6. The molecule has 1 amide bonds. The first-order valence-corrected chi connectivity index (χ1v) is 9.62. The van der Waals surface area contributed by atoms with Gasteiger partial charge in [0.25, 0.3) is 5.91 Å². The first-order valence-electron chi connectivity index (χ1n) is 8.18. The zero-order valence-corrected chi connectivity index (χ0v) is 15.6. The molecule has 0 saturated heterocycles. The van der Waals surface area contributed by atoms with Crippen molar-refractivity contribution in [1.82, 2.24) is 4.31 Å². The Hall–Kier alpha value is -2.39. The Morgan fingerprint density at radius 1 is 1.04 bits per heavy atom. The SMILES string of the molecule is CCN(CC)S(=O)(=O)c1cccc(NC(=O)c2ccc(C(F)(F)F)cc2)c1. The third kappa shape index (κ3) is 4.86. The van der Waals surface area contributed by atoms with Crippen LogP contribution in [0.3, 0.4) is 0 Å². The molecule has 0 aliphatic carbocycles. The summed E-state index contributed by atoms with van der Waals surface area (Å²) >= 11 is 0. The molecule has 0 saturated carbocycles. The molecule has 0 atom stereocenters. The van der Waals surface area contributed by atoms with E-state index < -0.39 is 27.7 Å². The number of benzene rings is 2. The topological polar surface area (TPSA) is 66.5 Å². The molecule has 1 N–H and O–H groups in total. The van der Waals surface area contributed by atoms with Gasteiger partial charge in [0.1, 0.15) is 0 Å². The number of hydrogen-bond acceptors (Lipinski definition) is 3. The lowest BCUT2D eigenvalue weighted by Gasteiger charge is -2.18. The van der Waals surface area contributed by atoms with Crippen molar-refractivity contribution in [2.24, 2.45) is 0 Å². The number of nitrogens with one attached hydrogen (secondary N) is 1. The second-order valence-corrected chi connectivity index (χ2v) is 7.58. The van der Waals surface area contributed by atoms with Crippen LogP contribution < -0.4 is 5.32 Å². The summed E-state index contributed by atoms with van der Waals surface area (Å²) in [6, 6.07) is 9.48. The number of carbonyl (C=O) groups excluding carboxylic acids is 1. The minimum Gasteiger partial charge on any atom is -0.322 e. The molecule has 0 radical (unpaired) electrons. The monoisotopic (exact) mass is 400 g/mol. The highest BCUT2D eigenvalue weighted by molar-refractivity contribution is 7.89. The molecule has 2 aromatic rings. The fourth-order valence-electron chi connectivity index (χ4n) is 2.46. The normalized spacial score (nSPS) is 12.2. The average Bonchev–Trinajstić information content (AvgIpc) is 2.62. The van der Waals surface area contributed by atoms with Gasteiger partial charge in [0.15, 0.2) is 0 Å². The zero-order chi connectivity index (χ0) is 20.2. The van der Waals surface area contributed by atoms with Crippen molar-refractivity contribution in [1.29, 1.82) is 0 Å². The van der Waals surface area contributed by atoms with Gasteiger partial charge < -0.3 is 5.32 Å². The van der Waals surface area contributed by atoms with E-state index in [0.717, 1.165) is 24.3 Å². The number of halogens is 3. The van der Waals surface area contributed by atoms with E-state index in [-0.39, 0.29) is 16.1 Å². The summed E-state index contributed by atoms with van der Waals surface area (Å²) < 4.78 is 64.1. The smallest absolute Gasteiger partial charge is 0.322 e. The molecule has 0 heterocycles. The van der Waals surface area contributed by atoms with Gasteiger partial charge >= 0.3 is 6.18 Å². The number of hydrogen-bond donors (Lipinski definition) is 1. The quantitative estimate of drug-likeness (QED) is 0.797. The van der Waals surface area contributed by atoms with Crippen molar-refractivity contribution >= 4 is 21.6 Å². The van der Waals surface area contributed by atoms with E-state index in [1.54, 1.807) is 13.8 Å². The number of sulfonamides is 1. The van der Waals surface area contributed by atoms with Crippen molar-refractivity contribution in [3.05, 3.63) is 59.7 Å². The minimum atomic E-state index is -4.48. The minimum absolute atomic E-state index is 0.0245. The van der Waals surface area contributed by atoms with Gasteiger partial charge in [0.2, 0.25) is 10.0 Å². The van der Waals surface area contributed by atoms with E-state index in [9.17, 15) is 26.4 Å². The predicted molar refractivity (Wildman–Crippen MR) is 95.9 cm³/mol.